The lowest BCUT2D eigenvalue weighted by Gasteiger charge is -2.20. The maximum absolute atomic E-state index is 9.89. The van der Waals surface area contributed by atoms with Crippen molar-refractivity contribution in [3.63, 3.8) is 0 Å². The van der Waals surface area contributed by atoms with Gasteiger partial charge in [-0.3, -0.25) is 0 Å². The summed E-state index contributed by atoms with van der Waals surface area (Å²) in [5.74, 6) is 0. The average molecular weight is 564 g/mol. The van der Waals surface area contributed by atoms with Crippen molar-refractivity contribution in [2.45, 2.75) is 0 Å². The second-order valence-corrected chi connectivity index (χ2v) is 11.1. The quantitative estimate of drug-likeness (QED) is 0.148. The first-order valence-corrected chi connectivity index (χ1v) is 14.7. The largest absolute Gasteiger partial charge is 0.0636 e. The highest BCUT2D eigenvalue weighted by Gasteiger charge is 2.19. The van der Waals surface area contributed by atoms with E-state index in [4.69, 9.17) is 2.74 Å². The second-order valence-electron chi connectivity index (χ2n) is 11.1. The van der Waals surface area contributed by atoms with Gasteiger partial charge in [-0.2, -0.15) is 0 Å². The van der Waals surface area contributed by atoms with Gasteiger partial charge in [0, 0.05) is 0 Å². The summed E-state index contributed by atoms with van der Waals surface area (Å²) in [5.41, 5.74) is 3.12. The molecule has 0 spiro atoms. The van der Waals surface area contributed by atoms with Crippen LogP contribution in [0.25, 0.3) is 87.2 Å². The van der Waals surface area contributed by atoms with E-state index >= 15 is 0 Å². The molecule has 0 atom stereocenters. The minimum atomic E-state index is -0.381. The third-order valence-corrected chi connectivity index (χ3v) is 8.66. The first-order valence-electron chi connectivity index (χ1n) is 18.2. The maximum Gasteiger partial charge on any atom is 0.0636 e. The number of rotatable bonds is 3. The average Bonchev–Trinajstić information content (AvgIpc) is 3.17. The van der Waals surface area contributed by atoms with E-state index < -0.39 is 0 Å². The molecule has 0 aliphatic rings. The summed E-state index contributed by atoms with van der Waals surface area (Å²) in [6, 6.07) is 39.6. The summed E-state index contributed by atoms with van der Waals surface area (Å²) >= 11 is 0. The van der Waals surface area contributed by atoms with Crippen molar-refractivity contribution in [1.29, 1.82) is 0 Å². The van der Waals surface area contributed by atoms with Gasteiger partial charge >= 0.3 is 0 Å². The summed E-state index contributed by atoms with van der Waals surface area (Å²) in [4.78, 5) is 0. The normalized spacial score (nSPS) is 13.9. The van der Waals surface area contributed by atoms with Crippen molar-refractivity contribution in [2.24, 2.45) is 0 Å². The van der Waals surface area contributed by atoms with Crippen LogP contribution in [0.1, 0.15) is 9.60 Å². The van der Waals surface area contributed by atoms with Gasteiger partial charge in [-0.05, 0) is 99.4 Å². The summed E-state index contributed by atoms with van der Waals surface area (Å²) in [7, 11) is 0. The standard InChI is InChI=1S/C44H28/c1-2-11-29(12-3-1)32-23-26-41-42(28-32)44(38-20-10-15-30-13-4-7-17-36(30)38)40-19-9-8-18-39(40)43(41)34-24-25-37-33(27-34)22-21-31-14-5-6-16-35(31)37/h1-28H/i8D,9D,18D,19D,23D,26D,28D. The van der Waals surface area contributed by atoms with Gasteiger partial charge in [-0.25, -0.2) is 0 Å². The molecule has 0 saturated carbocycles. The molecule has 0 aliphatic carbocycles. The van der Waals surface area contributed by atoms with Crippen molar-refractivity contribution >= 4 is 53.9 Å². The van der Waals surface area contributed by atoms with Crippen molar-refractivity contribution in [1.82, 2.24) is 0 Å². The zero-order valence-corrected chi connectivity index (χ0v) is 23.6. The fourth-order valence-electron chi connectivity index (χ4n) is 6.64. The second kappa shape index (κ2) is 9.93. The molecule has 0 saturated heterocycles. The van der Waals surface area contributed by atoms with E-state index in [1.165, 1.54) is 0 Å². The smallest absolute Gasteiger partial charge is 0.0622 e. The third-order valence-electron chi connectivity index (χ3n) is 8.66. The van der Waals surface area contributed by atoms with Crippen molar-refractivity contribution < 1.29 is 9.60 Å². The Hall–Kier alpha value is -5.72. The predicted molar refractivity (Wildman–Crippen MR) is 190 cm³/mol. The van der Waals surface area contributed by atoms with Gasteiger partial charge in [0.1, 0.15) is 0 Å². The van der Waals surface area contributed by atoms with Crippen LogP contribution in [0.5, 0.6) is 0 Å². The van der Waals surface area contributed by atoms with Crippen molar-refractivity contribution in [2.75, 3.05) is 0 Å². The lowest BCUT2D eigenvalue weighted by atomic mass is 9.83. The number of benzene rings is 9. The molecule has 0 aliphatic heterocycles. The van der Waals surface area contributed by atoms with E-state index in [1.54, 1.807) is 0 Å². The lowest BCUT2D eigenvalue weighted by molar-refractivity contribution is 1.64. The van der Waals surface area contributed by atoms with E-state index in [1.807, 2.05) is 109 Å². The SMILES string of the molecule is [2H]c1c([2H])c([2H])c2c(-c3cccc4ccccc34)c3c([2H])c(-c4ccccc4)c([2H])c([2H])c3c(-c3ccc4c(ccc5ccccc54)c3)c2c1[2H]. The van der Waals surface area contributed by atoms with Crippen LogP contribution in [0.15, 0.2) is 170 Å². The predicted octanol–water partition coefficient (Wildman–Crippen LogP) is 12.5. The number of hydrogen-bond acceptors (Lipinski definition) is 0. The first kappa shape index (κ1) is 18.7. The van der Waals surface area contributed by atoms with E-state index in [2.05, 4.69) is 18.2 Å². The summed E-state index contributed by atoms with van der Waals surface area (Å²) < 4.78 is 65.5. The van der Waals surface area contributed by atoms with Gasteiger partial charge in [-0.1, -0.05) is 158 Å². The minimum absolute atomic E-state index is 0.0301. The van der Waals surface area contributed by atoms with Crippen LogP contribution in [0.4, 0.5) is 0 Å². The molecule has 0 radical (unpaired) electrons. The topological polar surface area (TPSA) is 0 Å². The van der Waals surface area contributed by atoms with Crippen molar-refractivity contribution in [3.05, 3.63) is 170 Å². The summed E-state index contributed by atoms with van der Waals surface area (Å²) in [6.07, 6.45) is 0. The fraction of sp³-hybridized carbons (Fsp3) is 0. The molecular weight excluding hydrogens is 528 g/mol. The Bertz CT molecular complexity index is 2930. The molecule has 9 aromatic rings. The van der Waals surface area contributed by atoms with Gasteiger partial charge in [-0.15, -0.1) is 0 Å². The molecule has 0 aromatic heterocycles. The third kappa shape index (κ3) is 3.85. The maximum atomic E-state index is 9.89. The van der Waals surface area contributed by atoms with Crippen LogP contribution in [-0.4, -0.2) is 0 Å². The Labute approximate surface area is 266 Å². The van der Waals surface area contributed by atoms with E-state index in [9.17, 15) is 6.85 Å². The minimum Gasteiger partial charge on any atom is -0.0622 e. The van der Waals surface area contributed by atoms with Crippen LogP contribution in [0.2, 0.25) is 0 Å². The highest BCUT2D eigenvalue weighted by molar-refractivity contribution is 6.24. The van der Waals surface area contributed by atoms with E-state index in [0.717, 1.165) is 32.3 Å². The molecule has 9 aromatic carbocycles. The lowest BCUT2D eigenvalue weighted by Crippen LogP contribution is -1.92. The van der Waals surface area contributed by atoms with Gasteiger partial charge < -0.3 is 0 Å². The molecular formula is C44H28. The molecule has 0 unspecified atom stereocenters. The Balaban J connectivity index is 1.57. The Morgan fingerprint density at radius 2 is 0.977 bits per heavy atom. The zero-order valence-electron chi connectivity index (χ0n) is 30.6. The highest BCUT2D eigenvalue weighted by atomic mass is 14.2. The fourth-order valence-corrected chi connectivity index (χ4v) is 6.64. The Kier molecular flexibility index (Phi) is 4.23. The zero-order chi connectivity index (χ0) is 35.1. The van der Waals surface area contributed by atoms with Crippen LogP contribution in [-0.2, 0) is 0 Å². The van der Waals surface area contributed by atoms with Gasteiger partial charge in [0.05, 0.1) is 9.60 Å². The summed E-state index contributed by atoms with van der Waals surface area (Å²) in [6.45, 7) is 0. The van der Waals surface area contributed by atoms with Crippen molar-refractivity contribution in [3.8, 4) is 33.4 Å². The monoisotopic (exact) mass is 563 g/mol. The van der Waals surface area contributed by atoms with Crippen LogP contribution >= 0.6 is 0 Å². The van der Waals surface area contributed by atoms with Crippen LogP contribution in [0, 0.1) is 0 Å². The molecule has 44 heavy (non-hydrogen) atoms. The highest BCUT2D eigenvalue weighted by Crippen LogP contribution is 2.46. The van der Waals surface area contributed by atoms with Crippen LogP contribution < -0.4 is 0 Å². The van der Waals surface area contributed by atoms with Gasteiger partial charge in [0.25, 0.3) is 0 Å². The number of fused-ring (bicyclic) bond motifs is 6. The molecule has 0 fully saturated rings. The molecule has 0 heterocycles. The molecule has 0 amide bonds. The van der Waals surface area contributed by atoms with Crippen LogP contribution in [0.3, 0.4) is 0 Å². The molecule has 0 heteroatoms. The molecule has 0 nitrogen and oxygen atoms in total. The molecule has 0 N–H and O–H groups in total. The molecule has 204 valence electrons. The van der Waals surface area contributed by atoms with Gasteiger partial charge in [0.2, 0.25) is 0 Å². The summed E-state index contributed by atoms with van der Waals surface area (Å²) in [5, 5.41) is 7.14. The van der Waals surface area contributed by atoms with Gasteiger partial charge in [0.15, 0.2) is 0 Å². The Morgan fingerprint density at radius 1 is 0.341 bits per heavy atom. The Morgan fingerprint density at radius 3 is 1.82 bits per heavy atom. The van der Waals surface area contributed by atoms with E-state index in [0.29, 0.717) is 44.2 Å². The molecule has 9 rings (SSSR count). The van der Waals surface area contributed by atoms with E-state index in [-0.39, 0.29) is 53.1 Å². The number of hydrogen-bond donors (Lipinski definition) is 0. The first-order chi connectivity index (χ1) is 24.8. The molecule has 0 bridgehead atoms.